The number of nitrogens with one attached hydrogen (secondary N) is 4. The summed E-state index contributed by atoms with van der Waals surface area (Å²) in [4.78, 5) is 37.7. The minimum absolute atomic E-state index is 0.202. The lowest BCUT2D eigenvalue weighted by Gasteiger charge is -2.30. The number of halogens is 3. The van der Waals surface area contributed by atoms with Crippen molar-refractivity contribution in [1.29, 1.82) is 0 Å². The van der Waals surface area contributed by atoms with Gasteiger partial charge in [-0.1, -0.05) is 23.8 Å². The van der Waals surface area contributed by atoms with E-state index in [1.165, 1.54) is 13.8 Å². The third-order valence-corrected chi connectivity index (χ3v) is 5.99. The summed E-state index contributed by atoms with van der Waals surface area (Å²) in [5.41, 5.74) is -0.781. The second kappa shape index (κ2) is 13.3. The predicted molar refractivity (Wildman–Crippen MR) is 149 cm³/mol. The van der Waals surface area contributed by atoms with E-state index in [-0.39, 0.29) is 12.2 Å². The first-order valence-corrected chi connectivity index (χ1v) is 13.0. The Morgan fingerprint density at radius 3 is 2.20 bits per heavy atom. The van der Waals surface area contributed by atoms with Gasteiger partial charge in [0.15, 0.2) is 0 Å². The molecule has 0 saturated carbocycles. The average molecular weight is 581 g/mol. The Hall–Kier alpha value is -3.64. The maximum Gasteiger partial charge on any atom is 0.416 e. The van der Waals surface area contributed by atoms with Gasteiger partial charge in [0.25, 0.3) is 5.91 Å². The quantitative estimate of drug-likeness (QED) is 0.283. The lowest BCUT2D eigenvalue weighted by atomic mass is 9.98. The smallest absolute Gasteiger partial charge is 0.416 e. The zero-order chi connectivity index (χ0) is 31.2. The molecule has 5 N–H and O–H groups in total. The number of hydrogen-bond donors (Lipinski definition) is 5. The van der Waals surface area contributed by atoms with Gasteiger partial charge in [-0.15, -0.1) is 0 Å². The van der Waals surface area contributed by atoms with Crippen LogP contribution in [0.25, 0.3) is 0 Å². The van der Waals surface area contributed by atoms with E-state index in [0.29, 0.717) is 12.6 Å². The number of benzene rings is 2. The van der Waals surface area contributed by atoms with E-state index in [2.05, 4.69) is 21.3 Å². The molecular formula is C29H39F3N4O5. The number of carbonyl (C=O) groups is 3. The molecule has 0 aliphatic heterocycles. The van der Waals surface area contributed by atoms with Crippen molar-refractivity contribution in [3.8, 4) is 0 Å². The van der Waals surface area contributed by atoms with E-state index in [4.69, 9.17) is 4.74 Å². The average Bonchev–Trinajstić information content (AvgIpc) is 2.80. The van der Waals surface area contributed by atoms with Crippen molar-refractivity contribution in [2.45, 2.75) is 78.4 Å². The molecule has 0 radical (unpaired) electrons. The monoisotopic (exact) mass is 580 g/mol. The Bertz CT molecular complexity index is 1250. The molecule has 2 rings (SSSR count). The summed E-state index contributed by atoms with van der Waals surface area (Å²) in [7, 11) is 0. The number of ether oxygens (including phenoxy) is 1. The number of amides is 3. The molecule has 0 aliphatic carbocycles. The maximum absolute atomic E-state index is 13.3. The van der Waals surface area contributed by atoms with Crippen LogP contribution in [0.4, 0.5) is 23.7 Å². The van der Waals surface area contributed by atoms with Gasteiger partial charge in [-0.25, -0.2) is 4.79 Å². The molecule has 3 amide bonds. The molecule has 0 spiro atoms. The van der Waals surface area contributed by atoms with Gasteiger partial charge in [-0.3, -0.25) is 14.9 Å². The molecule has 12 heteroatoms. The normalized spacial score (nSPS) is 12.9. The minimum Gasteiger partial charge on any atom is -0.444 e. The molecule has 0 aliphatic rings. The van der Waals surface area contributed by atoms with E-state index < -0.39 is 59.0 Å². The van der Waals surface area contributed by atoms with E-state index in [9.17, 15) is 32.7 Å². The number of alkyl halides is 3. The van der Waals surface area contributed by atoms with Crippen molar-refractivity contribution in [2.75, 3.05) is 18.4 Å². The largest absolute Gasteiger partial charge is 0.444 e. The third-order valence-electron chi connectivity index (χ3n) is 5.99. The van der Waals surface area contributed by atoms with Gasteiger partial charge in [0.2, 0.25) is 5.91 Å². The SMILES string of the molecule is Cc1ccc(CNC[C@H](NC(=O)CNC(=O)c2cc(C(F)(F)F)ccc2NC(=O)OC(C)(C)C)C(C)(C)O)c(C)c1. The molecule has 2 aromatic rings. The molecule has 0 aromatic heterocycles. The van der Waals surface area contributed by atoms with Crippen LogP contribution in [0, 0.1) is 13.8 Å². The van der Waals surface area contributed by atoms with Crippen LogP contribution in [-0.4, -0.2) is 53.3 Å². The second-order valence-electron chi connectivity index (χ2n) is 11.4. The molecular weight excluding hydrogens is 541 g/mol. The number of carbonyl (C=O) groups excluding carboxylic acids is 3. The molecule has 0 bridgehead atoms. The number of rotatable bonds is 10. The topological polar surface area (TPSA) is 129 Å². The van der Waals surface area contributed by atoms with Gasteiger partial charge in [-0.2, -0.15) is 13.2 Å². The molecule has 0 heterocycles. The highest BCUT2D eigenvalue weighted by molar-refractivity contribution is 6.04. The summed E-state index contributed by atoms with van der Waals surface area (Å²) in [6.45, 7) is 11.9. The van der Waals surface area contributed by atoms with E-state index in [1.807, 2.05) is 32.0 Å². The van der Waals surface area contributed by atoms with Crippen LogP contribution < -0.4 is 21.3 Å². The van der Waals surface area contributed by atoms with Crippen LogP contribution >= 0.6 is 0 Å². The van der Waals surface area contributed by atoms with Gasteiger partial charge >= 0.3 is 12.3 Å². The second-order valence-corrected chi connectivity index (χ2v) is 11.4. The van der Waals surface area contributed by atoms with Crippen LogP contribution in [0.15, 0.2) is 36.4 Å². The minimum atomic E-state index is -4.75. The van der Waals surface area contributed by atoms with Gasteiger partial charge in [0.1, 0.15) is 5.60 Å². The lowest BCUT2D eigenvalue weighted by molar-refractivity contribution is -0.137. The fourth-order valence-corrected chi connectivity index (χ4v) is 3.80. The van der Waals surface area contributed by atoms with Gasteiger partial charge < -0.3 is 25.8 Å². The summed E-state index contributed by atoms with van der Waals surface area (Å²) < 4.78 is 45.1. The Kier molecular flexibility index (Phi) is 10.9. The number of anilines is 1. The fourth-order valence-electron chi connectivity index (χ4n) is 3.80. The number of aryl methyl sites for hydroxylation is 2. The van der Waals surface area contributed by atoms with Gasteiger partial charge in [-0.05, 0) is 77.8 Å². The highest BCUT2D eigenvalue weighted by atomic mass is 19.4. The Balaban J connectivity index is 2.09. The fraction of sp³-hybridized carbons (Fsp3) is 0.483. The highest BCUT2D eigenvalue weighted by Gasteiger charge is 2.33. The zero-order valence-electron chi connectivity index (χ0n) is 24.4. The van der Waals surface area contributed by atoms with E-state index in [1.54, 1.807) is 20.8 Å². The molecule has 2 aromatic carbocycles. The van der Waals surface area contributed by atoms with Crippen LogP contribution in [0.1, 0.15) is 67.2 Å². The van der Waals surface area contributed by atoms with Crippen LogP contribution in [0.3, 0.4) is 0 Å². The number of hydrogen-bond acceptors (Lipinski definition) is 6. The van der Waals surface area contributed by atoms with Gasteiger partial charge in [0.05, 0.1) is 35.0 Å². The van der Waals surface area contributed by atoms with E-state index in [0.717, 1.165) is 28.8 Å². The van der Waals surface area contributed by atoms with E-state index >= 15 is 0 Å². The zero-order valence-corrected chi connectivity index (χ0v) is 24.4. The third kappa shape index (κ3) is 11.0. The van der Waals surface area contributed by atoms with Crippen LogP contribution in [-0.2, 0) is 22.3 Å². The molecule has 9 nitrogen and oxygen atoms in total. The molecule has 41 heavy (non-hydrogen) atoms. The predicted octanol–water partition coefficient (Wildman–Crippen LogP) is 4.44. The van der Waals surface area contributed by atoms with Crippen molar-refractivity contribution in [3.05, 3.63) is 64.2 Å². The van der Waals surface area contributed by atoms with Crippen molar-refractivity contribution in [2.24, 2.45) is 0 Å². The summed E-state index contributed by atoms with van der Waals surface area (Å²) in [5, 5.41) is 21.0. The first-order valence-electron chi connectivity index (χ1n) is 13.0. The highest BCUT2D eigenvalue weighted by Crippen LogP contribution is 2.32. The molecule has 0 unspecified atom stereocenters. The summed E-state index contributed by atoms with van der Waals surface area (Å²) in [6, 6.07) is 7.51. The van der Waals surface area contributed by atoms with Crippen molar-refractivity contribution < 1.29 is 37.4 Å². The summed E-state index contributed by atoms with van der Waals surface area (Å²) >= 11 is 0. The van der Waals surface area contributed by atoms with Crippen LogP contribution in [0.2, 0.25) is 0 Å². The maximum atomic E-state index is 13.3. The standard InChI is InChI=1S/C29H39F3N4O5/c1-17-8-9-19(18(2)12-17)14-33-15-23(28(6,7)40)36-24(37)16-34-25(38)21-13-20(29(30,31)32)10-11-22(21)35-26(39)41-27(3,4)5/h8-13,23,33,40H,14-16H2,1-7H3,(H,34,38)(H,35,39)(H,36,37)/t23-/m0/s1. The summed E-state index contributed by atoms with van der Waals surface area (Å²) in [5.74, 6) is -1.70. The molecule has 0 saturated heterocycles. The Labute approximate surface area is 238 Å². The Morgan fingerprint density at radius 2 is 1.63 bits per heavy atom. The number of aliphatic hydroxyl groups is 1. The Morgan fingerprint density at radius 1 is 0.976 bits per heavy atom. The summed E-state index contributed by atoms with van der Waals surface area (Å²) in [6.07, 6.45) is -5.72. The van der Waals surface area contributed by atoms with Crippen molar-refractivity contribution >= 4 is 23.6 Å². The lowest BCUT2D eigenvalue weighted by Crippen LogP contribution is -2.55. The molecule has 0 fully saturated rings. The first kappa shape index (κ1) is 33.6. The van der Waals surface area contributed by atoms with Crippen molar-refractivity contribution in [1.82, 2.24) is 16.0 Å². The van der Waals surface area contributed by atoms with Gasteiger partial charge in [0, 0.05) is 13.1 Å². The first-order chi connectivity index (χ1) is 18.8. The van der Waals surface area contributed by atoms with Crippen LogP contribution in [0.5, 0.6) is 0 Å². The van der Waals surface area contributed by atoms with Crippen molar-refractivity contribution in [3.63, 3.8) is 0 Å². The molecule has 226 valence electrons. The molecule has 1 atom stereocenters.